The molecule has 0 heterocycles. The summed E-state index contributed by atoms with van der Waals surface area (Å²) < 4.78 is 22.8. The second kappa shape index (κ2) is 4.84. The van der Waals surface area contributed by atoms with Crippen LogP contribution in [0, 0.1) is 0 Å². The average molecular weight is 230 g/mol. The van der Waals surface area contributed by atoms with Crippen LogP contribution in [0.3, 0.4) is 0 Å². The standard InChI is InChI=1S/C10H14O2S2/c1-14(11,12)10-7-3-2-5-9(10)6-4-8-13/h2-3,5,7,13H,4,6,8H2,1H3. The Balaban J connectivity index is 3.04. The van der Waals surface area contributed by atoms with Crippen molar-refractivity contribution in [1.82, 2.24) is 0 Å². The monoisotopic (exact) mass is 230 g/mol. The smallest absolute Gasteiger partial charge is 0.175 e. The number of hydrogen-bond acceptors (Lipinski definition) is 3. The second-order valence-corrected chi connectivity index (χ2v) is 5.64. The summed E-state index contributed by atoms with van der Waals surface area (Å²) in [7, 11) is -3.09. The Bertz CT molecular complexity index is 396. The molecule has 0 spiro atoms. The minimum Gasteiger partial charge on any atom is -0.224 e. The van der Waals surface area contributed by atoms with Crippen molar-refractivity contribution >= 4 is 22.5 Å². The Kier molecular flexibility index (Phi) is 4.01. The molecule has 0 N–H and O–H groups in total. The summed E-state index contributed by atoms with van der Waals surface area (Å²) in [6.45, 7) is 0. The molecule has 78 valence electrons. The van der Waals surface area contributed by atoms with Gasteiger partial charge in [0.05, 0.1) is 4.90 Å². The van der Waals surface area contributed by atoms with Gasteiger partial charge >= 0.3 is 0 Å². The van der Waals surface area contributed by atoms with Gasteiger partial charge in [-0.1, -0.05) is 18.2 Å². The van der Waals surface area contributed by atoms with Gasteiger partial charge in [-0.05, 0) is 30.2 Å². The zero-order valence-corrected chi connectivity index (χ0v) is 9.81. The van der Waals surface area contributed by atoms with Crippen molar-refractivity contribution in [3.05, 3.63) is 29.8 Å². The van der Waals surface area contributed by atoms with Crippen molar-refractivity contribution in [2.75, 3.05) is 12.0 Å². The van der Waals surface area contributed by atoms with Gasteiger partial charge in [0.1, 0.15) is 0 Å². The Morgan fingerprint density at radius 1 is 1.29 bits per heavy atom. The molecule has 1 rings (SSSR count). The van der Waals surface area contributed by atoms with E-state index in [1.54, 1.807) is 12.1 Å². The van der Waals surface area contributed by atoms with E-state index in [-0.39, 0.29) is 0 Å². The average Bonchev–Trinajstić information content (AvgIpc) is 2.14. The van der Waals surface area contributed by atoms with Crippen LogP contribution in [0.2, 0.25) is 0 Å². The number of sulfone groups is 1. The lowest BCUT2D eigenvalue weighted by atomic mass is 10.1. The summed E-state index contributed by atoms with van der Waals surface area (Å²) in [6.07, 6.45) is 2.91. The van der Waals surface area contributed by atoms with Gasteiger partial charge in [-0.15, -0.1) is 0 Å². The van der Waals surface area contributed by atoms with Crippen LogP contribution in [0.1, 0.15) is 12.0 Å². The first kappa shape index (κ1) is 11.6. The normalized spacial score (nSPS) is 11.6. The fourth-order valence-electron chi connectivity index (χ4n) is 1.34. The molecule has 0 saturated heterocycles. The van der Waals surface area contributed by atoms with E-state index >= 15 is 0 Å². The van der Waals surface area contributed by atoms with E-state index in [4.69, 9.17) is 0 Å². The lowest BCUT2D eigenvalue weighted by Gasteiger charge is -2.06. The lowest BCUT2D eigenvalue weighted by molar-refractivity contribution is 0.600. The Hall–Kier alpha value is -0.480. The summed E-state index contributed by atoms with van der Waals surface area (Å²) in [5.41, 5.74) is 0.893. The van der Waals surface area contributed by atoms with Crippen LogP contribution in [0.4, 0.5) is 0 Å². The molecular formula is C10H14O2S2. The van der Waals surface area contributed by atoms with Gasteiger partial charge in [0.15, 0.2) is 9.84 Å². The molecule has 4 heteroatoms. The summed E-state index contributed by atoms with van der Waals surface area (Å²) in [5.74, 6) is 0.776. The van der Waals surface area contributed by atoms with Gasteiger partial charge in [-0.3, -0.25) is 0 Å². The van der Waals surface area contributed by atoms with Crippen LogP contribution in [0.25, 0.3) is 0 Å². The highest BCUT2D eigenvalue weighted by molar-refractivity contribution is 7.90. The molecule has 0 aliphatic rings. The van der Waals surface area contributed by atoms with Crippen molar-refractivity contribution in [2.45, 2.75) is 17.7 Å². The van der Waals surface area contributed by atoms with Crippen LogP contribution in [-0.2, 0) is 16.3 Å². The molecule has 0 aromatic heterocycles. The van der Waals surface area contributed by atoms with Crippen molar-refractivity contribution in [3.63, 3.8) is 0 Å². The van der Waals surface area contributed by atoms with Crippen molar-refractivity contribution in [2.24, 2.45) is 0 Å². The number of thiol groups is 1. The first-order valence-electron chi connectivity index (χ1n) is 4.44. The SMILES string of the molecule is CS(=O)(=O)c1ccccc1CCCS. The third-order valence-electron chi connectivity index (χ3n) is 1.98. The number of benzene rings is 1. The highest BCUT2D eigenvalue weighted by Crippen LogP contribution is 2.16. The number of aryl methyl sites for hydroxylation is 1. The van der Waals surface area contributed by atoms with Crippen molar-refractivity contribution < 1.29 is 8.42 Å². The Morgan fingerprint density at radius 3 is 2.50 bits per heavy atom. The van der Waals surface area contributed by atoms with Crippen LogP contribution in [0.15, 0.2) is 29.2 Å². The zero-order valence-electron chi connectivity index (χ0n) is 8.10. The van der Waals surface area contributed by atoms with Gasteiger partial charge in [-0.2, -0.15) is 12.6 Å². The molecule has 1 aromatic rings. The van der Waals surface area contributed by atoms with Gasteiger partial charge in [0, 0.05) is 6.26 Å². The summed E-state index contributed by atoms with van der Waals surface area (Å²) in [5, 5.41) is 0. The van der Waals surface area contributed by atoms with Gasteiger partial charge in [0.2, 0.25) is 0 Å². The minimum absolute atomic E-state index is 0.446. The number of hydrogen-bond donors (Lipinski definition) is 1. The number of rotatable bonds is 4. The molecule has 0 radical (unpaired) electrons. The van der Waals surface area contributed by atoms with E-state index in [1.165, 1.54) is 6.26 Å². The molecular weight excluding hydrogens is 216 g/mol. The highest BCUT2D eigenvalue weighted by Gasteiger charge is 2.11. The third-order valence-corrected chi connectivity index (χ3v) is 3.49. The maximum absolute atomic E-state index is 11.4. The molecule has 0 saturated carbocycles. The van der Waals surface area contributed by atoms with E-state index < -0.39 is 9.84 Å². The van der Waals surface area contributed by atoms with Crippen LogP contribution in [0.5, 0.6) is 0 Å². The van der Waals surface area contributed by atoms with E-state index in [0.717, 1.165) is 24.2 Å². The third kappa shape index (κ3) is 3.03. The molecule has 0 fully saturated rings. The van der Waals surface area contributed by atoms with Gasteiger partial charge in [0.25, 0.3) is 0 Å². The summed E-state index contributed by atoms with van der Waals surface area (Å²) in [6, 6.07) is 7.13. The van der Waals surface area contributed by atoms with Crippen LogP contribution >= 0.6 is 12.6 Å². The molecule has 0 bridgehead atoms. The van der Waals surface area contributed by atoms with E-state index in [1.807, 2.05) is 12.1 Å². The van der Waals surface area contributed by atoms with E-state index in [0.29, 0.717) is 4.90 Å². The van der Waals surface area contributed by atoms with Crippen molar-refractivity contribution in [3.8, 4) is 0 Å². The van der Waals surface area contributed by atoms with E-state index in [2.05, 4.69) is 12.6 Å². The fraction of sp³-hybridized carbons (Fsp3) is 0.400. The lowest BCUT2D eigenvalue weighted by Crippen LogP contribution is -2.02. The van der Waals surface area contributed by atoms with Crippen LogP contribution < -0.4 is 0 Å². The second-order valence-electron chi connectivity index (χ2n) is 3.21. The van der Waals surface area contributed by atoms with Gasteiger partial charge < -0.3 is 0 Å². The maximum atomic E-state index is 11.4. The predicted molar refractivity (Wildman–Crippen MR) is 61.7 cm³/mol. The quantitative estimate of drug-likeness (QED) is 0.802. The predicted octanol–water partition coefficient (Wildman–Crippen LogP) is 1.95. The molecule has 2 nitrogen and oxygen atoms in total. The first-order valence-corrected chi connectivity index (χ1v) is 6.97. The largest absolute Gasteiger partial charge is 0.224 e. The summed E-state index contributed by atoms with van der Waals surface area (Å²) >= 11 is 4.11. The molecule has 0 amide bonds. The maximum Gasteiger partial charge on any atom is 0.175 e. The van der Waals surface area contributed by atoms with Crippen LogP contribution in [-0.4, -0.2) is 20.4 Å². The molecule has 0 unspecified atom stereocenters. The zero-order chi connectivity index (χ0) is 10.6. The molecule has 0 aliphatic heterocycles. The fourth-order valence-corrected chi connectivity index (χ4v) is 2.47. The Labute approximate surface area is 90.7 Å². The first-order chi connectivity index (χ1) is 6.55. The molecule has 1 aromatic carbocycles. The summed E-state index contributed by atoms with van der Waals surface area (Å²) in [4.78, 5) is 0.446. The molecule has 14 heavy (non-hydrogen) atoms. The van der Waals surface area contributed by atoms with Gasteiger partial charge in [-0.25, -0.2) is 8.42 Å². The minimum atomic E-state index is -3.09. The molecule has 0 atom stereocenters. The Morgan fingerprint density at radius 2 is 1.93 bits per heavy atom. The highest BCUT2D eigenvalue weighted by atomic mass is 32.2. The topological polar surface area (TPSA) is 34.1 Å². The molecule has 0 aliphatic carbocycles. The van der Waals surface area contributed by atoms with Crippen molar-refractivity contribution in [1.29, 1.82) is 0 Å². The van der Waals surface area contributed by atoms with E-state index in [9.17, 15) is 8.42 Å².